The molecule has 0 fully saturated rings. The Morgan fingerprint density at radius 2 is 1.93 bits per heavy atom. The van der Waals surface area contributed by atoms with Gasteiger partial charge in [-0.05, 0) is 43.7 Å². The van der Waals surface area contributed by atoms with Gasteiger partial charge in [0.1, 0.15) is 11.5 Å². The molecule has 29 heavy (non-hydrogen) atoms. The first-order chi connectivity index (χ1) is 14.0. The molecule has 0 aliphatic rings. The zero-order chi connectivity index (χ0) is 20.4. The minimum atomic E-state index is -0.555. The van der Waals surface area contributed by atoms with Gasteiger partial charge in [0, 0.05) is 23.2 Å². The summed E-state index contributed by atoms with van der Waals surface area (Å²) >= 11 is 5.76. The van der Waals surface area contributed by atoms with Gasteiger partial charge in [-0.2, -0.15) is 0 Å². The van der Waals surface area contributed by atoms with E-state index >= 15 is 0 Å². The number of hydrogen-bond donors (Lipinski definition) is 1. The van der Waals surface area contributed by atoms with Crippen LogP contribution in [0, 0.1) is 12.7 Å². The summed E-state index contributed by atoms with van der Waals surface area (Å²) in [6.07, 6.45) is 2.60. The quantitative estimate of drug-likeness (QED) is 0.463. The predicted octanol–water partition coefficient (Wildman–Crippen LogP) is 5.67. The molecule has 0 unspecified atom stereocenters. The van der Waals surface area contributed by atoms with Crippen molar-refractivity contribution in [1.82, 2.24) is 9.38 Å². The summed E-state index contributed by atoms with van der Waals surface area (Å²) < 4.78 is 15.9. The van der Waals surface area contributed by atoms with Crippen LogP contribution in [-0.4, -0.2) is 15.3 Å². The van der Waals surface area contributed by atoms with Crippen LogP contribution in [0.4, 0.5) is 10.1 Å². The first-order valence-corrected chi connectivity index (χ1v) is 9.67. The van der Waals surface area contributed by atoms with Crippen LogP contribution in [0.1, 0.15) is 17.7 Å². The molecule has 0 spiro atoms. The zero-order valence-corrected chi connectivity index (χ0v) is 16.6. The molecule has 4 nitrogen and oxygen atoms in total. The Bertz CT molecular complexity index is 1180. The van der Waals surface area contributed by atoms with Gasteiger partial charge in [-0.3, -0.25) is 4.79 Å². The number of carbonyl (C=O) groups excluding carboxylic acids is 1. The van der Waals surface area contributed by atoms with Crippen LogP contribution >= 0.6 is 11.6 Å². The van der Waals surface area contributed by atoms with Gasteiger partial charge in [0.25, 0.3) is 0 Å². The third kappa shape index (κ3) is 4.15. The fourth-order valence-corrected chi connectivity index (χ4v) is 3.42. The smallest absolute Gasteiger partial charge is 0.224 e. The summed E-state index contributed by atoms with van der Waals surface area (Å²) in [7, 11) is 0. The molecular formula is C23H19ClFN3O. The highest BCUT2D eigenvalue weighted by atomic mass is 35.5. The number of anilines is 1. The van der Waals surface area contributed by atoms with E-state index in [1.54, 1.807) is 6.07 Å². The second-order valence-electron chi connectivity index (χ2n) is 6.87. The van der Waals surface area contributed by atoms with E-state index in [0.717, 1.165) is 22.6 Å². The van der Waals surface area contributed by atoms with Gasteiger partial charge in [0.05, 0.1) is 17.1 Å². The monoisotopic (exact) mass is 407 g/mol. The number of hydrogen-bond acceptors (Lipinski definition) is 2. The lowest BCUT2D eigenvalue weighted by molar-refractivity contribution is -0.116. The fourth-order valence-electron chi connectivity index (χ4n) is 3.26. The number of benzene rings is 2. The zero-order valence-electron chi connectivity index (χ0n) is 15.8. The van der Waals surface area contributed by atoms with Crippen LogP contribution in [0.15, 0.2) is 66.9 Å². The summed E-state index contributed by atoms with van der Waals surface area (Å²) in [5.74, 6) is -0.826. The number of fused-ring (bicyclic) bond motifs is 1. The van der Waals surface area contributed by atoms with E-state index in [0.29, 0.717) is 6.42 Å². The molecule has 0 aliphatic heterocycles. The minimum absolute atomic E-state index is 0.122. The normalized spacial score (nSPS) is 11.0. The van der Waals surface area contributed by atoms with Gasteiger partial charge >= 0.3 is 0 Å². The molecule has 0 aliphatic carbocycles. The highest BCUT2D eigenvalue weighted by molar-refractivity contribution is 6.30. The van der Waals surface area contributed by atoms with Crippen molar-refractivity contribution in [1.29, 1.82) is 0 Å². The lowest BCUT2D eigenvalue weighted by Gasteiger charge is -2.08. The first-order valence-electron chi connectivity index (χ1n) is 9.29. The Hall–Kier alpha value is -3.18. The summed E-state index contributed by atoms with van der Waals surface area (Å²) in [4.78, 5) is 17.2. The molecular weight excluding hydrogens is 389 g/mol. The maximum Gasteiger partial charge on any atom is 0.224 e. The van der Waals surface area contributed by atoms with E-state index in [-0.39, 0.29) is 23.0 Å². The standard InChI is InChI=1S/C23H19ClFN3O/c1-15-5-7-16(8-6-15)23-20(28-13-3-2-4-21(28)27-23)11-12-22(29)26-19-10-9-17(24)14-18(19)25/h2-10,13-14H,11-12H2,1H3,(H,26,29). The first kappa shape index (κ1) is 19.2. The molecule has 0 saturated heterocycles. The Kier molecular flexibility index (Phi) is 5.32. The number of nitrogens with one attached hydrogen (secondary N) is 1. The number of pyridine rings is 1. The lowest BCUT2D eigenvalue weighted by Crippen LogP contribution is -2.14. The summed E-state index contributed by atoms with van der Waals surface area (Å²) in [5, 5.41) is 2.90. The van der Waals surface area contributed by atoms with Crippen molar-refractivity contribution in [3.8, 4) is 11.3 Å². The Labute approximate surface area is 173 Å². The van der Waals surface area contributed by atoms with Crippen LogP contribution in [0.5, 0.6) is 0 Å². The third-order valence-electron chi connectivity index (χ3n) is 4.75. The summed E-state index contributed by atoms with van der Waals surface area (Å²) in [5.41, 5.74) is 4.90. The summed E-state index contributed by atoms with van der Waals surface area (Å²) in [6, 6.07) is 18.1. The van der Waals surface area contributed by atoms with Crippen LogP contribution < -0.4 is 5.32 Å². The van der Waals surface area contributed by atoms with E-state index < -0.39 is 5.82 Å². The SMILES string of the molecule is Cc1ccc(-c2nc3ccccn3c2CCC(=O)Nc2ccc(Cl)cc2F)cc1. The molecule has 0 saturated carbocycles. The summed E-state index contributed by atoms with van der Waals surface area (Å²) in [6.45, 7) is 2.04. The molecule has 4 rings (SSSR count). The Balaban J connectivity index is 1.59. The van der Waals surface area contributed by atoms with Gasteiger partial charge in [0.15, 0.2) is 0 Å². The van der Waals surface area contributed by atoms with Gasteiger partial charge in [-0.1, -0.05) is 47.5 Å². The molecule has 1 N–H and O–H groups in total. The van der Waals surface area contributed by atoms with E-state index in [4.69, 9.17) is 16.6 Å². The number of nitrogens with zero attached hydrogens (tertiary/aromatic N) is 2. The second-order valence-corrected chi connectivity index (χ2v) is 7.31. The molecule has 2 heterocycles. The molecule has 2 aromatic heterocycles. The van der Waals surface area contributed by atoms with Crippen molar-refractivity contribution < 1.29 is 9.18 Å². The number of halogens is 2. The fraction of sp³-hybridized carbons (Fsp3) is 0.130. The molecule has 146 valence electrons. The largest absolute Gasteiger partial charge is 0.324 e. The number of aryl methyl sites for hydroxylation is 2. The average Bonchev–Trinajstić information content (AvgIpc) is 3.08. The van der Waals surface area contributed by atoms with Crippen molar-refractivity contribution in [2.45, 2.75) is 19.8 Å². The molecule has 0 atom stereocenters. The van der Waals surface area contributed by atoms with Gasteiger partial charge < -0.3 is 9.72 Å². The van der Waals surface area contributed by atoms with E-state index in [9.17, 15) is 9.18 Å². The van der Waals surface area contributed by atoms with Gasteiger partial charge in [-0.25, -0.2) is 9.37 Å². The van der Waals surface area contributed by atoms with Crippen LogP contribution in [0.3, 0.4) is 0 Å². The van der Waals surface area contributed by atoms with E-state index in [1.165, 1.54) is 17.7 Å². The maximum absolute atomic E-state index is 13.9. The predicted molar refractivity (Wildman–Crippen MR) is 114 cm³/mol. The lowest BCUT2D eigenvalue weighted by atomic mass is 10.1. The highest BCUT2D eigenvalue weighted by Crippen LogP contribution is 2.26. The second kappa shape index (κ2) is 8.05. The Morgan fingerprint density at radius 3 is 2.69 bits per heavy atom. The molecule has 4 aromatic rings. The molecule has 2 aromatic carbocycles. The van der Waals surface area contributed by atoms with Gasteiger partial charge in [-0.15, -0.1) is 0 Å². The van der Waals surface area contributed by atoms with Crippen molar-refractivity contribution in [2.24, 2.45) is 0 Å². The number of rotatable bonds is 5. The van der Waals surface area contributed by atoms with E-state index in [1.807, 2.05) is 60.0 Å². The highest BCUT2D eigenvalue weighted by Gasteiger charge is 2.16. The van der Waals surface area contributed by atoms with Crippen LogP contribution in [-0.2, 0) is 11.2 Å². The van der Waals surface area contributed by atoms with E-state index in [2.05, 4.69) is 5.32 Å². The van der Waals surface area contributed by atoms with Crippen LogP contribution in [0.2, 0.25) is 5.02 Å². The van der Waals surface area contributed by atoms with Crippen LogP contribution in [0.25, 0.3) is 16.9 Å². The number of imidazole rings is 1. The molecule has 6 heteroatoms. The number of amides is 1. The minimum Gasteiger partial charge on any atom is -0.324 e. The molecule has 0 bridgehead atoms. The average molecular weight is 408 g/mol. The number of carbonyl (C=O) groups is 1. The third-order valence-corrected chi connectivity index (χ3v) is 4.98. The van der Waals surface area contributed by atoms with Crippen molar-refractivity contribution >= 4 is 28.8 Å². The van der Waals surface area contributed by atoms with Crippen molar-refractivity contribution in [3.05, 3.63) is 89.0 Å². The maximum atomic E-state index is 13.9. The topological polar surface area (TPSA) is 46.4 Å². The van der Waals surface area contributed by atoms with Crippen molar-refractivity contribution in [2.75, 3.05) is 5.32 Å². The van der Waals surface area contributed by atoms with Crippen molar-refractivity contribution in [3.63, 3.8) is 0 Å². The van der Waals surface area contributed by atoms with Gasteiger partial charge in [0.2, 0.25) is 5.91 Å². The molecule has 1 amide bonds. The number of aromatic nitrogens is 2. The molecule has 0 radical (unpaired) electrons. The Morgan fingerprint density at radius 1 is 1.14 bits per heavy atom.